The molecular formula is C16H23N3. The zero-order valence-electron chi connectivity index (χ0n) is 11.8. The molecule has 1 aromatic carbocycles. The minimum absolute atomic E-state index is 0.339. The molecule has 1 aromatic rings. The van der Waals surface area contributed by atoms with Gasteiger partial charge in [-0.3, -0.25) is 4.90 Å². The average Bonchev–Trinajstić information content (AvgIpc) is 2.85. The van der Waals surface area contributed by atoms with Crippen LogP contribution in [0.15, 0.2) is 24.3 Å². The Hall–Kier alpha value is -1.32. The molecule has 1 fully saturated rings. The van der Waals surface area contributed by atoms with Gasteiger partial charge in [-0.2, -0.15) is 0 Å². The number of fused-ring (bicyclic) bond motifs is 1. The van der Waals surface area contributed by atoms with Crippen molar-refractivity contribution in [2.45, 2.75) is 32.0 Å². The van der Waals surface area contributed by atoms with Gasteiger partial charge in [-0.1, -0.05) is 19.1 Å². The summed E-state index contributed by atoms with van der Waals surface area (Å²) in [7, 11) is 2.18. The number of rotatable bonds is 2. The quantitative estimate of drug-likeness (QED) is 0.880. The summed E-state index contributed by atoms with van der Waals surface area (Å²) >= 11 is 0. The molecule has 0 aromatic heterocycles. The molecule has 3 rings (SSSR count). The SMILES string of the molecule is CCc1ccc2c(c1)C=CC(N1CC[C@@H](N)C1)N2C. The van der Waals surface area contributed by atoms with Crippen LogP contribution in [0.4, 0.5) is 5.69 Å². The first kappa shape index (κ1) is 12.7. The number of benzene rings is 1. The van der Waals surface area contributed by atoms with Crippen molar-refractivity contribution in [1.82, 2.24) is 4.90 Å². The second-order valence-corrected chi connectivity index (χ2v) is 5.67. The molecule has 2 atom stereocenters. The van der Waals surface area contributed by atoms with Gasteiger partial charge in [-0.25, -0.2) is 0 Å². The van der Waals surface area contributed by atoms with Gasteiger partial charge in [-0.15, -0.1) is 0 Å². The summed E-state index contributed by atoms with van der Waals surface area (Å²) in [6.45, 7) is 4.30. The smallest absolute Gasteiger partial charge is 0.101 e. The summed E-state index contributed by atoms with van der Waals surface area (Å²) in [4.78, 5) is 4.84. The number of hydrogen-bond acceptors (Lipinski definition) is 3. The van der Waals surface area contributed by atoms with Crippen LogP contribution in [-0.2, 0) is 6.42 Å². The van der Waals surface area contributed by atoms with Crippen molar-refractivity contribution < 1.29 is 0 Å². The van der Waals surface area contributed by atoms with Crippen LogP contribution in [0.3, 0.4) is 0 Å². The second kappa shape index (κ2) is 4.99. The minimum Gasteiger partial charge on any atom is -0.355 e. The summed E-state index contributed by atoms with van der Waals surface area (Å²) in [6.07, 6.45) is 7.13. The first-order valence-electron chi connectivity index (χ1n) is 7.22. The van der Waals surface area contributed by atoms with E-state index < -0.39 is 0 Å². The normalized spacial score (nSPS) is 26.8. The number of nitrogens with zero attached hydrogens (tertiary/aromatic N) is 2. The highest BCUT2D eigenvalue weighted by Gasteiger charge is 2.29. The monoisotopic (exact) mass is 257 g/mol. The molecule has 2 heterocycles. The molecule has 19 heavy (non-hydrogen) atoms. The number of nitrogens with two attached hydrogens (primary N) is 1. The number of anilines is 1. The number of aryl methyl sites for hydroxylation is 1. The third-order valence-corrected chi connectivity index (χ3v) is 4.36. The molecule has 0 amide bonds. The topological polar surface area (TPSA) is 32.5 Å². The van der Waals surface area contributed by atoms with Crippen LogP contribution in [0, 0.1) is 0 Å². The Bertz CT molecular complexity index is 495. The van der Waals surface area contributed by atoms with Crippen molar-refractivity contribution in [2.75, 3.05) is 25.0 Å². The van der Waals surface area contributed by atoms with E-state index in [1.165, 1.54) is 16.8 Å². The highest BCUT2D eigenvalue weighted by molar-refractivity contribution is 5.72. The third-order valence-electron chi connectivity index (χ3n) is 4.36. The van der Waals surface area contributed by atoms with E-state index in [-0.39, 0.29) is 0 Å². The molecule has 1 unspecified atom stereocenters. The zero-order chi connectivity index (χ0) is 13.4. The van der Waals surface area contributed by atoms with Gasteiger partial charge in [0.15, 0.2) is 0 Å². The van der Waals surface area contributed by atoms with Crippen LogP contribution in [0.25, 0.3) is 6.08 Å². The minimum atomic E-state index is 0.339. The van der Waals surface area contributed by atoms with E-state index in [0.29, 0.717) is 12.2 Å². The summed E-state index contributed by atoms with van der Waals surface area (Å²) in [5.74, 6) is 0. The van der Waals surface area contributed by atoms with Crippen molar-refractivity contribution in [1.29, 1.82) is 0 Å². The molecule has 0 saturated carbocycles. The largest absolute Gasteiger partial charge is 0.355 e. The lowest BCUT2D eigenvalue weighted by atomic mass is 10.0. The maximum Gasteiger partial charge on any atom is 0.101 e. The van der Waals surface area contributed by atoms with Gasteiger partial charge in [0.1, 0.15) is 6.17 Å². The Kier molecular flexibility index (Phi) is 3.33. The molecule has 0 aliphatic carbocycles. The summed E-state index contributed by atoms with van der Waals surface area (Å²) in [6, 6.07) is 7.13. The molecule has 2 aliphatic heterocycles. The molecule has 102 valence electrons. The molecular weight excluding hydrogens is 234 g/mol. The van der Waals surface area contributed by atoms with E-state index in [2.05, 4.69) is 54.1 Å². The summed E-state index contributed by atoms with van der Waals surface area (Å²) in [5.41, 5.74) is 10.1. The lowest BCUT2D eigenvalue weighted by Gasteiger charge is -2.38. The first-order chi connectivity index (χ1) is 9.19. The number of likely N-dealkylation sites (tertiary alicyclic amines) is 1. The maximum atomic E-state index is 6.03. The summed E-state index contributed by atoms with van der Waals surface area (Å²) < 4.78 is 0. The van der Waals surface area contributed by atoms with Gasteiger partial charge in [0.05, 0.1) is 0 Å². The lowest BCUT2D eigenvalue weighted by Crippen LogP contribution is -2.46. The molecule has 3 heteroatoms. The number of likely N-dealkylation sites (N-methyl/N-ethyl adjacent to an activating group) is 1. The van der Waals surface area contributed by atoms with Crippen molar-refractivity contribution in [3.05, 3.63) is 35.4 Å². The molecule has 2 N–H and O–H groups in total. The summed E-state index contributed by atoms with van der Waals surface area (Å²) in [5, 5.41) is 0. The van der Waals surface area contributed by atoms with Crippen molar-refractivity contribution >= 4 is 11.8 Å². The fourth-order valence-corrected chi connectivity index (χ4v) is 3.16. The van der Waals surface area contributed by atoms with Crippen LogP contribution >= 0.6 is 0 Å². The Morgan fingerprint density at radius 3 is 2.89 bits per heavy atom. The van der Waals surface area contributed by atoms with Gasteiger partial charge in [0, 0.05) is 31.9 Å². The van der Waals surface area contributed by atoms with Crippen molar-refractivity contribution in [2.24, 2.45) is 5.73 Å². The highest BCUT2D eigenvalue weighted by Crippen LogP contribution is 2.31. The van der Waals surface area contributed by atoms with E-state index >= 15 is 0 Å². The molecule has 0 radical (unpaired) electrons. The Balaban J connectivity index is 1.86. The Labute approximate surface area is 115 Å². The van der Waals surface area contributed by atoms with E-state index in [0.717, 1.165) is 25.9 Å². The average molecular weight is 257 g/mol. The van der Waals surface area contributed by atoms with Gasteiger partial charge in [0.25, 0.3) is 0 Å². The van der Waals surface area contributed by atoms with Crippen molar-refractivity contribution in [3.63, 3.8) is 0 Å². The standard InChI is InChI=1S/C16H23N3/c1-3-12-4-6-15-13(10-12)5-7-16(18(15)2)19-9-8-14(17)11-19/h4-7,10,14,16H,3,8-9,11,17H2,1-2H3/t14-,16?/m1/s1. The lowest BCUT2D eigenvalue weighted by molar-refractivity contribution is 0.278. The Morgan fingerprint density at radius 2 is 2.21 bits per heavy atom. The molecule has 1 saturated heterocycles. The molecule has 2 aliphatic rings. The van der Waals surface area contributed by atoms with E-state index in [1.807, 2.05) is 0 Å². The second-order valence-electron chi connectivity index (χ2n) is 5.67. The van der Waals surface area contributed by atoms with Crippen LogP contribution in [0.1, 0.15) is 24.5 Å². The van der Waals surface area contributed by atoms with Crippen LogP contribution in [0.2, 0.25) is 0 Å². The van der Waals surface area contributed by atoms with Crippen LogP contribution in [-0.4, -0.2) is 37.2 Å². The predicted octanol–water partition coefficient (Wildman–Crippen LogP) is 2.07. The Morgan fingerprint density at radius 1 is 1.37 bits per heavy atom. The first-order valence-corrected chi connectivity index (χ1v) is 7.22. The number of hydrogen-bond donors (Lipinski definition) is 1. The van der Waals surface area contributed by atoms with Gasteiger partial charge >= 0.3 is 0 Å². The van der Waals surface area contributed by atoms with E-state index in [1.54, 1.807) is 0 Å². The fourth-order valence-electron chi connectivity index (χ4n) is 3.16. The van der Waals surface area contributed by atoms with Gasteiger partial charge in [-0.05, 0) is 42.2 Å². The van der Waals surface area contributed by atoms with Crippen LogP contribution in [0.5, 0.6) is 0 Å². The predicted molar refractivity (Wildman–Crippen MR) is 81.2 cm³/mol. The molecule has 0 spiro atoms. The van der Waals surface area contributed by atoms with Gasteiger partial charge in [0.2, 0.25) is 0 Å². The fraction of sp³-hybridized carbons (Fsp3) is 0.500. The molecule has 0 bridgehead atoms. The zero-order valence-corrected chi connectivity index (χ0v) is 11.8. The highest BCUT2D eigenvalue weighted by atomic mass is 15.4. The maximum absolute atomic E-state index is 6.03. The third kappa shape index (κ3) is 2.28. The van der Waals surface area contributed by atoms with Gasteiger partial charge < -0.3 is 10.6 Å². The van der Waals surface area contributed by atoms with Crippen LogP contribution < -0.4 is 10.6 Å². The van der Waals surface area contributed by atoms with Crippen molar-refractivity contribution in [3.8, 4) is 0 Å². The molecule has 3 nitrogen and oxygen atoms in total. The van der Waals surface area contributed by atoms with E-state index in [9.17, 15) is 0 Å². The van der Waals surface area contributed by atoms with E-state index in [4.69, 9.17) is 5.73 Å².